The topological polar surface area (TPSA) is 51.4 Å². The second-order valence-corrected chi connectivity index (χ2v) is 6.83. The Hall–Kier alpha value is -0.970. The predicted molar refractivity (Wildman–Crippen MR) is 84.4 cm³/mol. The Kier molecular flexibility index (Phi) is 4.29. The molecule has 1 aliphatic heterocycles. The van der Waals surface area contributed by atoms with Crippen LogP contribution in [0.3, 0.4) is 0 Å². The van der Waals surface area contributed by atoms with E-state index in [1.54, 1.807) is 0 Å². The molecule has 3 rings (SSSR count). The zero-order valence-electron chi connectivity index (χ0n) is 13.2. The Morgan fingerprint density at radius 2 is 2.14 bits per heavy atom. The van der Waals surface area contributed by atoms with Gasteiger partial charge < -0.3 is 10.5 Å². The minimum absolute atomic E-state index is 0.0272. The highest BCUT2D eigenvalue weighted by Gasteiger charge is 2.40. The van der Waals surface area contributed by atoms with Crippen LogP contribution in [-0.2, 0) is 11.2 Å². The number of aromatic nitrogens is 1. The molecule has 0 amide bonds. The zero-order valence-corrected chi connectivity index (χ0v) is 13.2. The fourth-order valence-corrected chi connectivity index (χ4v) is 3.84. The number of aryl methyl sites for hydroxylation is 1. The molecule has 0 spiro atoms. The van der Waals surface area contributed by atoms with Crippen LogP contribution in [0.5, 0.6) is 0 Å². The molecular weight excluding hydrogens is 262 g/mol. The summed E-state index contributed by atoms with van der Waals surface area (Å²) in [5.41, 5.74) is 9.35. The molecule has 0 radical (unpaired) electrons. The Morgan fingerprint density at radius 1 is 1.38 bits per heavy atom. The van der Waals surface area contributed by atoms with Crippen molar-refractivity contribution in [2.75, 3.05) is 26.3 Å². The minimum atomic E-state index is -0.0272. The average molecular weight is 289 g/mol. The van der Waals surface area contributed by atoms with Gasteiger partial charge in [0.15, 0.2) is 0 Å². The van der Waals surface area contributed by atoms with Crippen LogP contribution in [0, 0.1) is 0 Å². The van der Waals surface area contributed by atoms with Crippen LogP contribution >= 0.6 is 0 Å². The fraction of sp³-hybridized carbons (Fsp3) is 0.706. The van der Waals surface area contributed by atoms with Crippen LogP contribution in [0.2, 0.25) is 0 Å². The monoisotopic (exact) mass is 289 g/mol. The second kappa shape index (κ2) is 6.03. The minimum Gasteiger partial charge on any atom is -0.379 e. The number of pyridine rings is 1. The van der Waals surface area contributed by atoms with Crippen molar-refractivity contribution in [1.82, 2.24) is 9.88 Å². The van der Waals surface area contributed by atoms with Gasteiger partial charge in [-0.3, -0.25) is 9.88 Å². The lowest BCUT2D eigenvalue weighted by Crippen LogP contribution is -2.61. The number of nitrogens with zero attached hydrogens (tertiary/aromatic N) is 2. The molecule has 1 fully saturated rings. The molecule has 2 N–H and O–H groups in total. The summed E-state index contributed by atoms with van der Waals surface area (Å²) in [5, 5.41) is 0. The van der Waals surface area contributed by atoms with Gasteiger partial charge in [0, 0.05) is 42.5 Å². The van der Waals surface area contributed by atoms with Gasteiger partial charge in [0.05, 0.1) is 13.2 Å². The third kappa shape index (κ3) is 2.85. The van der Waals surface area contributed by atoms with Crippen LogP contribution < -0.4 is 5.73 Å². The van der Waals surface area contributed by atoms with Crippen molar-refractivity contribution < 1.29 is 4.74 Å². The molecule has 0 saturated carbocycles. The number of hydrogen-bond acceptors (Lipinski definition) is 4. The third-order valence-corrected chi connectivity index (χ3v) is 5.31. The molecular formula is C17H27N3O. The van der Waals surface area contributed by atoms with Crippen LogP contribution in [0.1, 0.15) is 43.9 Å². The molecule has 4 nitrogen and oxygen atoms in total. The molecule has 1 saturated heterocycles. The summed E-state index contributed by atoms with van der Waals surface area (Å²) < 4.78 is 5.48. The first-order chi connectivity index (χ1) is 10.1. The normalized spacial score (nSPS) is 25.4. The van der Waals surface area contributed by atoms with E-state index in [9.17, 15) is 0 Å². The number of fused-ring (bicyclic) bond motifs is 1. The lowest BCUT2D eigenvalue weighted by molar-refractivity contribution is -0.0225. The van der Waals surface area contributed by atoms with E-state index in [4.69, 9.17) is 10.5 Å². The maximum absolute atomic E-state index is 6.75. The van der Waals surface area contributed by atoms with E-state index in [1.807, 2.05) is 12.3 Å². The quantitative estimate of drug-likeness (QED) is 0.924. The number of ether oxygens (including phenoxy) is 1. The summed E-state index contributed by atoms with van der Waals surface area (Å²) in [6.07, 6.45) is 5.42. The van der Waals surface area contributed by atoms with Gasteiger partial charge in [-0.1, -0.05) is 6.07 Å². The first kappa shape index (κ1) is 14.9. The fourth-order valence-electron chi connectivity index (χ4n) is 3.84. The van der Waals surface area contributed by atoms with Crippen molar-refractivity contribution >= 4 is 0 Å². The largest absolute Gasteiger partial charge is 0.379 e. The lowest BCUT2D eigenvalue weighted by atomic mass is 9.75. The Labute approximate surface area is 127 Å². The Morgan fingerprint density at radius 3 is 2.90 bits per heavy atom. The molecule has 4 heteroatoms. The third-order valence-electron chi connectivity index (χ3n) is 5.31. The number of morpholine rings is 1. The van der Waals surface area contributed by atoms with E-state index in [2.05, 4.69) is 29.8 Å². The number of rotatable bonds is 3. The second-order valence-electron chi connectivity index (χ2n) is 6.83. The molecule has 1 aromatic heterocycles. The first-order valence-electron chi connectivity index (χ1n) is 8.13. The molecule has 2 aliphatic rings. The van der Waals surface area contributed by atoms with Gasteiger partial charge in [-0.25, -0.2) is 0 Å². The smallest absolute Gasteiger partial charge is 0.0594 e. The van der Waals surface area contributed by atoms with Crippen LogP contribution in [0.25, 0.3) is 0 Å². The van der Waals surface area contributed by atoms with Crippen molar-refractivity contribution in [3.8, 4) is 0 Å². The maximum atomic E-state index is 6.75. The molecule has 21 heavy (non-hydrogen) atoms. The predicted octanol–water partition coefficient (Wildman–Crippen LogP) is 1.94. The highest BCUT2D eigenvalue weighted by Crippen LogP contribution is 2.37. The molecule has 2 heterocycles. The van der Waals surface area contributed by atoms with Gasteiger partial charge >= 0.3 is 0 Å². The van der Waals surface area contributed by atoms with Crippen LogP contribution in [0.15, 0.2) is 18.3 Å². The molecule has 2 unspecified atom stereocenters. The summed E-state index contributed by atoms with van der Waals surface area (Å²) in [5.74, 6) is 0.368. The van der Waals surface area contributed by atoms with Crippen LogP contribution in [-0.4, -0.2) is 47.8 Å². The Bertz CT molecular complexity index is 483. The van der Waals surface area contributed by atoms with E-state index in [0.717, 1.165) is 39.1 Å². The molecule has 1 aliphatic carbocycles. The van der Waals surface area contributed by atoms with E-state index < -0.39 is 0 Å². The molecule has 2 atom stereocenters. The van der Waals surface area contributed by atoms with Gasteiger partial charge in [-0.15, -0.1) is 0 Å². The maximum Gasteiger partial charge on any atom is 0.0594 e. The number of nitrogens with two attached hydrogens (primary N) is 1. The summed E-state index contributed by atoms with van der Waals surface area (Å²) in [4.78, 5) is 7.14. The summed E-state index contributed by atoms with van der Waals surface area (Å²) in [6.45, 7) is 8.14. The van der Waals surface area contributed by atoms with Crippen LogP contribution in [0.4, 0.5) is 0 Å². The standard InChI is InChI=1S/C17H27N3O/c1-17(2,20-9-11-21-12-10-20)16(18)14-7-3-5-13-6-4-8-19-15(13)14/h4,6,8,14,16H,3,5,7,9-12,18H2,1-2H3. The number of hydrogen-bond donors (Lipinski definition) is 1. The average Bonchev–Trinajstić information content (AvgIpc) is 2.54. The van der Waals surface area contributed by atoms with E-state index in [0.29, 0.717) is 5.92 Å². The molecule has 116 valence electrons. The zero-order chi connectivity index (χ0) is 14.9. The summed E-state index contributed by atoms with van der Waals surface area (Å²) in [6, 6.07) is 4.35. The van der Waals surface area contributed by atoms with Crippen molar-refractivity contribution in [3.05, 3.63) is 29.6 Å². The summed E-state index contributed by atoms with van der Waals surface area (Å²) >= 11 is 0. The molecule has 1 aromatic rings. The van der Waals surface area contributed by atoms with Gasteiger partial charge in [0.25, 0.3) is 0 Å². The van der Waals surface area contributed by atoms with Gasteiger partial charge in [-0.05, 0) is 44.7 Å². The highest BCUT2D eigenvalue weighted by molar-refractivity contribution is 5.28. The van der Waals surface area contributed by atoms with E-state index in [-0.39, 0.29) is 11.6 Å². The molecule has 0 bridgehead atoms. The van der Waals surface area contributed by atoms with Gasteiger partial charge in [0.2, 0.25) is 0 Å². The van der Waals surface area contributed by atoms with Gasteiger partial charge in [0.1, 0.15) is 0 Å². The van der Waals surface area contributed by atoms with Crippen molar-refractivity contribution in [2.24, 2.45) is 5.73 Å². The van der Waals surface area contributed by atoms with Crippen molar-refractivity contribution in [1.29, 1.82) is 0 Å². The van der Waals surface area contributed by atoms with Crippen molar-refractivity contribution in [3.63, 3.8) is 0 Å². The SMILES string of the molecule is CC(C)(C(N)C1CCCc2cccnc21)N1CCOCC1. The Balaban J connectivity index is 1.83. The van der Waals surface area contributed by atoms with E-state index in [1.165, 1.54) is 17.7 Å². The lowest BCUT2D eigenvalue weighted by Gasteiger charge is -2.47. The first-order valence-corrected chi connectivity index (χ1v) is 8.13. The van der Waals surface area contributed by atoms with Gasteiger partial charge in [-0.2, -0.15) is 0 Å². The summed E-state index contributed by atoms with van der Waals surface area (Å²) in [7, 11) is 0. The highest BCUT2D eigenvalue weighted by atomic mass is 16.5. The molecule has 0 aromatic carbocycles. The van der Waals surface area contributed by atoms with Crippen molar-refractivity contribution in [2.45, 2.75) is 50.6 Å². The van der Waals surface area contributed by atoms with E-state index >= 15 is 0 Å².